The molecule has 1 aromatic rings. The topological polar surface area (TPSA) is 112 Å². The van der Waals surface area contributed by atoms with Gasteiger partial charge in [0.25, 0.3) is 5.91 Å². The number of hydrogen-bond acceptors (Lipinski definition) is 6. The monoisotopic (exact) mass is 500 g/mol. The van der Waals surface area contributed by atoms with Crippen molar-refractivity contribution in [3.05, 3.63) is 35.4 Å². The van der Waals surface area contributed by atoms with Crippen molar-refractivity contribution in [3.8, 4) is 6.07 Å². The van der Waals surface area contributed by atoms with Gasteiger partial charge in [-0.15, -0.1) is 0 Å². The molecule has 0 saturated carbocycles. The number of nitrogens with one attached hydrogen (secondary N) is 1. The molecule has 0 aromatic heterocycles. The van der Waals surface area contributed by atoms with E-state index in [1.165, 1.54) is 11.8 Å². The predicted molar refractivity (Wildman–Crippen MR) is 138 cm³/mol. The third-order valence-electron chi connectivity index (χ3n) is 5.43. The molecule has 1 fully saturated rings. The maximum Gasteiger partial charge on any atom is 0.308 e. The Hall–Kier alpha value is -2.86. The van der Waals surface area contributed by atoms with E-state index in [1.807, 2.05) is 17.9 Å². The zero-order valence-electron chi connectivity index (χ0n) is 21.3. The van der Waals surface area contributed by atoms with Gasteiger partial charge in [-0.25, -0.2) is 0 Å². The highest BCUT2D eigenvalue weighted by Gasteiger charge is 2.40. The lowest BCUT2D eigenvalue weighted by Crippen LogP contribution is -2.43. The zero-order chi connectivity index (χ0) is 26.0. The highest BCUT2D eigenvalue weighted by atomic mass is 32.2. The fourth-order valence-corrected chi connectivity index (χ4v) is 4.90. The van der Waals surface area contributed by atoms with Crippen molar-refractivity contribution < 1.29 is 19.1 Å². The first kappa shape index (κ1) is 28.4. The van der Waals surface area contributed by atoms with Gasteiger partial charge in [0.05, 0.1) is 18.1 Å². The number of amidine groups is 1. The Morgan fingerprint density at radius 2 is 1.86 bits per heavy atom. The molecule has 2 unspecified atom stereocenters. The second-order valence-corrected chi connectivity index (χ2v) is 10.7. The van der Waals surface area contributed by atoms with Crippen molar-refractivity contribution in [2.24, 2.45) is 4.99 Å². The molecule has 0 aliphatic carbocycles. The number of carbonyl (C=O) groups is 3. The van der Waals surface area contributed by atoms with Gasteiger partial charge in [0.1, 0.15) is 10.9 Å². The number of aliphatic imine (C=N–C) groups is 1. The molecule has 0 spiro atoms. The fourth-order valence-electron chi connectivity index (χ4n) is 3.61. The summed E-state index contributed by atoms with van der Waals surface area (Å²) >= 11 is 1.27. The lowest BCUT2D eigenvalue weighted by molar-refractivity contribution is -0.154. The van der Waals surface area contributed by atoms with E-state index < -0.39 is 16.8 Å². The van der Waals surface area contributed by atoms with Crippen LogP contribution in [0.15, 0.2) is 29.3 Å². The number of benzene rings is 1. The Kier molecular flexibility index (Phi) is 10.8. The maximum absolute atomic E-state index is 12.9. The molecule has 1 aromatic carbocycles. The van der Waals surface area contributed by atoms with Gasteiger partial charge in [0, 0.05) is 24.7 Å². The van der Waals surface area contributed by atoms with Crippen LogP contribution in [0.4, 0.5) is 0 Å². The number of ether oxygens (including phenoxy) is 1. The molecule has 1 heterocycles. The summed E-state index contributed by atoms with van der Waals surface area (Å²) in [7, 11) is 0. The third kappa shape index (κ3) is 9.02. The predicted octanol–water partition coefficient (Wildman–Crippen LogP) is 4.29. The number of hydrogen-bond donors (Lipinski definition) is 1. The molecule has 0 bridgehead atoms. The number of rotatable bonds is 10. The van der Waals surface area contributed by atoms with E-state index in [1.54, 1.807) is 45.0 Å². The second kappa shape index (κ2) is 13.3. The van der Waals surface area contributed by atoms with Gasteiger partial charge >= 0.3 is 5.97 Å². The van der Waals surface area contributed by atoms with Crippen LogP contribution in [0.5, 0.6) is 0 Å². The minimum Gasteiger partial charge on any atom is -0.460 e. The summed E-state index contributed by atoms with van der Waals surface area (Å²) in [6.07, 6.45) is 4.34. The largest absolute Gasteiger partial charge is 0.460 e. The summed E-state index contributed by atoms with van der Waals surface area (Å²) in [6.45, 7) is 10.4. The molecule has 35 heavy (non-hydrogen) atoms. The van der Waals surface area contributed by atoms with Crippen molar-refractivity contribution in [1.29, 1.82) is 5.26 Å². The lowest BCUT2D eigenvalue weighted by atomic mass is 10.1. The standard InChI is InChI=1S/C26H36N4O4S/c1-6-7-8-9-16-30-18(2)22(24(33)28-15-14-21(31)34-26(3,4)5)35-25(30)29-23(32)20-12-10-19(17-27)11-13-20/h10-13,18,22H,6-9,14-16H2,1-5H3,(H,28,33). The molecule has 1 aliphatic rings. The number of esters is 1. The fraction of sp³-hybridized carbons (Fsp3) is 0.577. The average molecular weight is 501 g/mol. The van der Waals surface area contributed by atoms with Gasteiger partial charge in [0.2, 0.25) is 5.91 Å². The van der Waals surface area contributed by atoms with Gasteiger partial charge in [0.15, 0.2) is 5.17 Å². The van der Waals surface area contributed by atoms with Gasteiger partial charge in [-0.1, -0.05) is 37.9 Å². The molecule has 8 nitrogen and oxygen atoms in total. The van der Waals surface area contributed by atoms with Crippen LogP contribution in [0.25, 0.3) is 0 Å². The van der Waals surface area contributed by atoms with Gasteiger partial charge < -0.3 is 15.0 Å². The summed E-state index contributed by atoms with van der Waals surface area (Å²) < 4.78 is 5.29. The van der Waals surface area contributed by atoms with Crippen molar-refractivity contribution in [2.45, 2.75) is 83.6 Å². The molecule has 1 aliphatic heterocycles. The quantitative estimate of drug-likeness (QED) is 0.377. The number of unbranched alkanes of at least 4 members (excludes halogenated alkanes) is 3. The van der Waals surface area contributed by atoms with E-state index >= 15 is 0 Å². The summed E-state index contributed by atoms with van der Waals surface area (Å²) in [5.74, 6) is -0.966. The Labute approximate surface area is 212 Å². The van der Waals surface area contributed by atoms with Crippen LogP contribution in [-0.2, 0) is 14.3 Å². The number of thioether (sulfide) groups is 1. The number of nitriles is 1. The Bertz CT molecular complexity index is 963. The van der Waals surface area contributed by atoms with Crippen molar-refractivity contribution in [3.63, 3.8) is 0 Å². The third-order valence-corrected chi connectivity index (χ3v) is 6.82. The molecule has 2 amide bonds. The van der Waals surface area contributed by atoms with E-state index in [0.717, 1.165) is 25.7 Å². The Morgan fingerprint density at radius 3 is 2.46 bits per heavy atom. The molecule has 0 radical (unpaired) electrons. The van der Waals surface area contributed by atoms with E-state index in [4.69, 9.17) is 10.00 Å². The van der Waals surface area contributed by atoms with Crippen LogP contribution in [0, 0.1) is 11.3 Å². The SMILES string of the molecule is CCCCCCN1C(=NC(=O)c2ccc(C#N)cc2)SC(C(=O)NCCC(=O)OC(C)(C)C)C1C. The molecule has 2 atom stereocenters. The van der Waals surface area contributed by atoms with Crippen LogP contribution in [0.3, 0.4) is 0 Å². The maximum atomic E-state index is 12.9. The van der Waals surface area contributed by atoms with Crippen LogP contribution in [0.1, 0.15) is 82.6 Å². The van der Waals surface area contributed by atoms with Crippen molar-refractivity contribution >= 4 is 34.7 Å². The first-order valence-corrected chi connectivity index (χ1v) is 13.0. The normalized spacial score (nSPS) is 18.9. The van der Waals surface area contributed by atoms with E-state index in [-0.39, 0.29) is 30.9 Å². The minimum atomic E-state index is -0.567. The highest BCUT2D eigenvalue weighted by Crippen LogP contribution is 2.32. The molecule has 9 heteroatoms. The molecular weight excluding hydrogens is 464 g/mol. The summed E-state index contributed by atoms with van der Waals surface area (Å²) in [6, 6.07) is 8.21. The van der Waals surface area contributed by atoms with Crippen LogP contribution in [0.2, 0.25) is 0 Å². The first-order valence-electron chi connectivity index (χ1n) is 12.1. The van der Waals surface area contributed by atoms with Gasteiger partial charge in [-0.2, -0.15) is 10.3 Å². The first-order chi connectivity index (χ1) is 16.6. The summed E-state index contributed by atoms with van der Waals surface area (Å²) in [5, 5.41) is 11.9. The molecule has 1 N–H and O–H groups in total. The Balaban J connectivity index is 2.09. The van der Waals surface area contributed by atoms with Crippen LogP contribution >= 0.6 is 11.8 Å². The number of amides is 2. The van der Waals surface area contributed by atoms with Crippen LogP contribution < -0.4 is 5.32 Å². The number of nitrogens with zero attached hydrogens (tertiary/aromatic N) is 3. The second-order valence-electron chi connectivity index (χ2n) is 9.55. The van der Waals surface area contributed by atoms with Crippen molar-refractivity contribution in [1.82, 2.24) is 10.2 Å². The van der Waals surface area contributed by atoms with Crippen molar-refractivity contribution in [2.75, 3.05) is 13.1 Å². The average Bonchev–Trinajstić information content (AvgIpc) is 3.10. The van der Waals surface area contributed by atoms with E-state index in [0.29, 0.717) is 22.8 Å². The summed E-state index contributed by atoms with van der Waals surface area (Å²) in [5.41, 5.74) is 0.293. The lowest BCUT2D eigenvalue weighted by Gasteiger charge is -2.25. The highest BCUT2D eigenvalue weighted by molar-refractivity contribution is 8.15. The molecule has 190 valence electrons. The molecular formula is C26H36N4O4S. The minimum absolute atomic E-state index is 0.0909. The summed E-state index contributed by atoms with van der Waals surface area (Å²) in [4.78, 5) is 44.0. The Morgan fingerprint density at radius 1 is 1.17 bits per heavy atom. The van der Waals surface area contributed by atoms with Gasteiger partial charge in [-0.05, 0) is 58.4 Å². The smallest absolute Gasteiger partial charge is 0.308 e. The van der Waals surface area contributed by atoms with Crippen LogP contribution in [-0.4, -0.2) is 57.8 Å². The number of carbonyl (C=O) groups excluding carboxylic acids is 3. The molecule has 1 saturated heterocycles. The molecule has 2 rings (SSSR count). The van der Waals surface area contributed by atoms with E-state index in [2.05, 4.69) is 17.2 Å². The van der Waals surface area contributed by atoms with E-state index in [9.17, 15) is 14.4 Å². The zero-order valence-corrected chi connectivity index (χ0v) is 22.1. The van der Waals surface area contributed by atoms with Gasteiger partial charge in [-0.3, -0.25) is 14.4 Å².